The Kier molecular flexibility index (Phi) is 6.91. The second kappa shape index (κ2) is 8.94. The second-order valence-corrected chi connectivity index (χ2v) is 6.36. The van der Waals surface area contributed by atoms with E-state index in [-0.39, 0.29) is 11.8 Å². The molecule has 1 N–H and O–H groups in total. The highest BCUT2D eigenvalue weighted by Crippen LogP contribution is 2.19. The number of amides is 1. The fourth-order valence-electron chi connectivity index (χ4n) is 3.34. The van der Waals surface area contributed by atoms with Crippen LogP contribution in [-0.2, 0) is 11.3 Å². The number of hydrogen-bond donors (Lipinski definition) is 1. The van der Waals surface area contributed by atoms with Crippen molar-refractivity contribution in [2.24, 2.45) is 5.92 Å². The van der Waals surface area contributed by atoms with Gasteiger partial charge < -0.3 is 5.32 Å². The van der Waals surface area contributed by atoms with Crippen molar-refractivity contribution in [1.82, 2.24) is 10.2 Å². The van der Waals surface area contributed by atoms with E-state index in [1.807, 2.05) is 0 Å². The van der Waals surface area contributed by atoms with Crippen LogP contribution in [0.5, 0.6) is 0 Å². The number of carbonyl (C=O) groups excluding carboxylic acids is 1. The minimum Gasteiger partial charge on any atom is -0.354 e. The molecule has 1 unspecified atom stereocenters. The molecule has 2 rings (SSSR count). The van der Waals surface area contributed by atoms with Crippen LogP contribution in [-0.4, -0.2) is 29.9 Å². The second-order valence-electron chi connectivity index (χ2n) is 6.36. The van der Waals surface area contributed by atoms with E-state index in [1.165, 1.54) is 24.8 Å². The van der Waals surface area contributed by atoms with Gasteiger partial charge in [-0.1, -0.05) is 50.6 Å². The maximum atomic E-state index is 12.2. The molecule has 1 saturated heterocycles. The van der Waals surface area contributed by atoms with Crippen molar-refractivity contribution in [3.63, 3.8) is 0 Å². The number of piperidine rings is 1. The van der Waals surface area contributed by atoms with Gasteiger partial charge in [0, 0.05) is 25.0 Å². The molecule has 0 aromatic heterocycles. The third-order valence-electron chi connectivity index (χ3n) is 4.85. The molecular weight excluding hydrogens is 272 g/mol. The lowest BCUT2D eigenvalue weighted by atomic mass is 9.99. The molecule has 1 amide bonds. The molecule has 0 saturated carbocycles. The molecule has 1 atom stereocenters. The van der Waals surface area contributed by atoms with Crippen LogP contribution < -0.4 is 5.32 Å². The molecule has 122 valence electrons. The number of hydrogen-bond acceptors (Lipinski definition) is 2. The zero-order valence-corrected chi connectivity index (χ0v) is 14.1. The predicted molar refractivity (Wildman–Crippen MR) is 91.6 cm³/mol. The summed E-state index contributed by atoms with van der Waals surface area (Å²) in [6.45, 7) is 7.11. The molecule has 0 radical (unpaired) electrons. The quantitative estimate of drug-likeness (QED) is 0.835. The first-order chi connectivity index (χ1) is 10.7. The van der Waals surface area contributed by atoms with Gasteiger partial charge in [0.1, 0.15) is 0 Å². The van der Waals surface area contributed by atoms with E-state index in [0.29, 0.717) is 6.04 Å². The monoisotopic (exact) mass is 302 g/mol. The normalized spacial score (nSPS) is 19.3. The summed E-state index contributed by atoms with van der Waals surface area (Å²) in [5.41, 5.74) is 1.36. The Labute approximate surface area is 135 Å². The predicted octanol–water partition coefficient (Wildman–Crippen LogP) is 3.59. The van der Waals surface area contributed by atoms with Gasteiger partial charge >= 0.3 is 0 Å². The fraction of sp³-hybridized carbons (Fsp3) is 0.632. The maximum absolute atomic E-state index is 12.2. The van der Waals surface area contributed by atoms with Gasteiger partial charge in [-0.3, -0.25) is 9.69 Å². The van der Waals surface area contributed by atoms with E-state index >= 15 is 0 Å². The van der Waals surface area contributed by atoms with Crippen LogP contribution in [0.1, 0.15) is 51.5 Å². The molecule has 1 heterocycles. The first kappa shape index (κ1) is 17.0. The van der Waals surface area contributed by atoms with Crippen molar-refractivity contribution >= 4 is 5.91 Å². The lowest BCUT2D eigenvalue weighted by Crippen LogP contribution is -2.47. The molecule has 1 aromatic rings. The summed E-state index contributed by atoms with van der Waals surface area (Å²) >= 11 is 0. The Morgan fingerprint density at radius 2 is 1.95 bits per heavy atom. The Morgan fingerprint density at radius 1 is 1.23 bits per heavy atom. The van der Waals surface area contributed by atoms with Crippen molar-refractivity contribution in [3.8, 4) is 0 Å². The van der Waals surface area contributed by atoms with Gasteiger partial charge in [0.2, 0.25) is 5.91 Å². The standard InChI is InChI=1S/C19H30N2O/c1-3-17(4-2)19(22)20-14-18-12-8-9-13-21(18)15-16-10-6-5-7-11-16/h5-7,10-11,17-18H,3-4,8-9,12-15H2,1-2H3,(H,20,22). The molecule has 1 aliphatic heterocycles. The van der Waals surface area contributed by atoms with Gasteiger partial charge in [0.25, 0.3) is 0 Å². The minimum atomic E-state index is 0.172. The van der Waals surface area contributed by atoms with Crippen molar-refractivity contribution in [2.45, 2.75) is 58.5 Å². The summed E-state index contributed by atoms with van der Waals surface area (Å²) in [6, 6.07) is 11.1. The van der Waals surface area contributed by atoms with E-state index in [2.05, 4.69) is 54.4 Å². The number of carbonyl (C=O) groups is 1. The van der Waals surface area contributed by atoms with E-state index < -0.39 is 0 Å². The van der Waals surface area contributed by atoms with Crippen molar-refractivity contribution in [1.29, 1.82) is 0 Å². The van der Waals surface area contributed by atoms with Crippen LogP contribution in [0.4, 0.5) is 0 Å². The average molecular weight is 302 g/mol. The first-order valence-corrected chi connectivity index (χ1v) is 8.80. The number of likely N-dealkylation sites (tertiary alicyclic amines) is 1. The van der Waals surface area contributed by atoms with E-state index in [0.717, 1.165) is 32.5 Å². The molecule has 1 aliphatic rings. The molecule has 1 fully saturated rings. The molecular formula is C19H30N2O. The van der Waals surface area contributed by atoms with Crippen LogP contribution in [0.15, 0.2) is 30.3 Å². The zero-order chi connectivity index (χ0) is 15.8. The van der Waals surface area contributed by atoms with E-state index in [1.54, 1.807) is 0 Å². The largest absolute Gasteiger partial charge is 0.354 e. The lowest BCUT2D eigenvalue weighted by Gasteiger charge is -2.36. The summed E-state index contributed by atoms with van der Waals surface area (Å²) in [5.74, 6) is 0.404. The van der Waals surface area contributed by atoms with Crippen LogP contribution in [0.3, 0.4) is 0 Å². The topological polar surface area (TPSA) is 32.3 Å². The first-order valence-electron chi connectivity index (χ1n) is 8.80. The van der Waals surface area contributed by atoms with E-state index in [9.17, 15) is 4.79 Å². The Morgan fingerprint density at radius 3 is 2.64 bits per heavy atom. The van der Waals surface area contributed by atoms with Gasteiger partial charge in [-0.05, 0) is 37.8 Å². The number of benzene rings is 1. The van der Waals surface area contributed by atoms with Gasteiger partial charge in [0.15, 0.2) is 0 Å². The van der Waals surface area contributed by atoms with Crippen LogP contribution in [0.25, 0.3) is 0 Å². The third-order valence-corrected chi connectivity index (χ3v) is 4.85. The minimum absolute atomic E-state index is 0.172. The van der Waals surface area contributed by atoms with Crippen LogP contribution >= 0.6 is 0 Å². The zero-order valence-electron chi connectivity index (χ0n) is 14.1. The van der Waals surface area contributed by atoms with Gasteiger partial charge in [-0.2, -0.15) is 0 Å². The SMILES string of the molecule is CCC(CC)C(=O)NCC1CCCCN1Cc1ccccc1. The molecule has 0 aliphatic carbocycles. The highest BCUT2D eigenvalue weighted by Gasteiger charge is 2.23. The van der Waals surface area contributed by atoms with Crippen LogP contribution in [0, 0.1) is 5.92 Å². The highest BCUT2D eigenvalue weighted by atomic mass is 16.1. The highest BCUT2D eigenvalue weighted by molar-refractivity contribution is 5.78. The molecule has 0 spiro atoms. The summed E-state index contributed by atoms with van der Waals surface area (Å²) in [4.78, 5) is 14.7. The van der Waals surface area contributed by atoms with Gasteiger partial charge in [0.05, 0.1) is 0 Å². The Bertz CT molecular complexity index is 442. The summed E-state index contributed by atoms with van der Waals surface area (Å²) in [6.07, 6.45) is 5.60. The Balaban J connectivity index is 1.88. The maximum Gasteiger partial charge on any atom is 0.223 e. The van der Waals surface area contributed by atoms with Crippen molar-refractivity contribution in [2.75, 3.05) is 13.1 Å². The Hall–Kier alpha value is -1.35. The fourth-order valence-corrected chi connectivity index (χ4v) is 3.34. The van der Waals surface area contributed by atoms with Gasteiger partial charge in [-0.15, -0.1) is 0 Å². The molecule has 3 heteroatoms. The summed E-state index contributed by atoms with van der Waals surface area (Å²) < 4.78 is 0. The average Bonchev–Trinajstić information content (AvgIpc) is 2.56. The number of rotatable bonds is 7. The molecule has 22 heavy (non-hydrogen) atoms. The number of nitrogens with zero attached hydrogens (tertiary/aromatic N) is 1. The van der Waals surface area contributed by atoms with Crippen molar-refractivity contribution in [3.05, 3.63) is 35.9 Å². The van der Waals surface area contributed by atoms with Gasteiger partial charge in [-0.25, -0.2) is 0 Å². The molecule has 0 bridgehead atoms. The third kappa shape index (κ3) is 4.84. The number of nitrogens with one attached hydrogen (secondary N) is 1. The summed E-state index contributed by atoms with van der Waals surface area (Å²) in [5, 5.41) is 3.19. The molecule has 1 aromatic carbocycles. The van der Waals surface area contributed by atoms with Crippen LogP contribution in [0.2, 0.25) is 0 Å². The summed E-state index contributed by atoms with van der Waals surface area (Å²) in [7, 11) is 0. The van der Waals surface area contributed by atoms with E-state index in [4.69, 9.17) is 0 Å². The molecule has 3 nitrogen and oxygen atoms in total. The smallest absolute Gasteiger partial charge is 0.223 e. The lowest BCUT2D eigenvalue weighted by molar-refractivity contribution is -0.125. The van der Waals surface area contributed by atoms with Crippen molar-refractivity contribution < 1.29 is 4.79 Å².